The molecule has 124 valence electrons. The molecule has 2 rings (SSSR count). The zero-order chi connectivity index (χ0) is 17.0. The zero-order valence-electron chi connectivity index (χ0n) is 12.6. The first-order valence-corrected chi connectivity index (χ1v) is 9.07. The Balaban J connectivity index is 2.47. The first kappa shape index (κ1) is 17.4. The summed E-state index contributed by atoms with van der Waals surface area (Å²) in [5.41, 5.74) is -0.295. The summed E-state index contributed by atoms with van der Waals surface area (Å²) in [6, 6.07) is 7.23. The number of methoxy groups -OCH3 is 1. The van der Waals surface area contributed by atoms with Crippen molar-refractivity contribution in [2.75, 3.05) is 13.7 Å². The summed E-state index contributed by atoms with van der Waals surface area (Å²) in [7, 11) is -2.59. The van der Waals surface area contributed by atoms with Crippen molar-refractivity contribution in [1.29, 1.82) is 0 Å². The summed E-state index contributed by atoms with van der Waals surface area (Å²) >= 11 is 1.45. The fraction of sp³-hybridized carbons (Fsp3) is 0.286. The van der Waals surface area contributed by atoms with Gasteiger partial charge in [-0.05, 0) is 17.5 Å². The number of sulfonamides is 1. The van der Waals surface area contributed by atoms with E-state index in [-0.39, 0.29) is 29.4 Å². The Morgan fingerprint density at radius 3 is 2.61 bits per heavy atom. The van der Waals surface area contributed by atoms with Gasteiger partial charge in [-0.15, -0.1) is 11.3 Å². The highest BCUT2D eigenvalue weighted by Gasteiger charge is 2.29. The fourth-order valence-electron chi connectivity index (χ4n) is 2.06. The van der Waals surface area contributed by atoms with Crippen LogP contribution in [0.25, 0.3) is 0 Å². The van der Waals surface area contributed by atoms with E-state index in [1.165, 1.54) is 34.9 Å². The molecule has 0 bridgehead atoms. The number of rotatable bonds is 7. The number of thiophene rings is 1. The summed E-state index contributed by atoms with van der Waals surface area (Å²) in [5, 5.41) is 12.8. The molecular formula is C14H16N2O5S2. The van der Waals surface area contributed by atoms with Crippen molar-refractivity contribution in [3.05, 3.63) is 50.7 Å². The van der Waals surface area contributed by atoms with Crippen molar-refractivity contribution < 1.29 is 18.1 Å². The van der Waals surface area contributed by atoms with Crippen LogP contribution in [-0.2, 0) is 16.6 Å². The molecule has 7 nitrogen and oxygen atoms in total. The Bertz CT molecular complexity index is 788. The lowest BCUT2D eigenvalue weighted by molar-refractivity contribution is -0.385. The number of nitrogens with zero attached hydrogens (tertiary/aromatic N) is 2. The highest BCUT2D eigenvalue weighted by Crippen LogP contribution is 2.31. The predicted molar refractivity (Wildman–Crippen MR) is 87.2 cm³/mol. The molecule has 1 heterocycles. The minimum absolute atomic E-state index is 0.0835. The van der Waals surface area contributed by atoms with Crippen LogP contribution in [0.2, 0.25) is 0 Å². The van der Waals surface area contributed by atoms with E-state index < -0.39 is 14.9 Å². The summed E-state index contributed by atoms with van der Waals surface area (Å²) in [4.78, 5) is 11.0. The van der Waals surface area contributed by atoms with Crippen molar-refractivity contribution in [3.8, 4) is 5.75 Å². The molecule has 0 fully saturated rings. The van der Waals surface area contributed by atoms with E-state index in [1.807, 2.05) is 17.5 Å². The quantitative estimate of drug-likeness (QED) is 0.562. The van der Waals surface area contributed by atoms with Crippen molar-refractivity contribution in [3.63, 3.8) is 0 Å². The molecule has 0 aliphatic rings. The van der Waals surface area contributed by atoms with Crippen molar-refractivity contribution >= 4 is 27.0 Å². The lowest BCUT2D eigenvalue weighted by Gasteiger charge is -2.21. The number of hydrogen-bond donors (Lipinski definition) is 0. The molecule has 0 spiro atoms. The minimum Gasteiger partial charge on any atom is -0.495 e. The molecule has 0 saturated carbocycles. The Labute approximate surface area is 138 Å². The van der Waals surface area contributed by atoms with Gasteiger partial charge in [0.05, 0.1) is 12.0 Å². The Morgan fingerprint density at radius 2 is 2.09 bits per heavy atom. The van der Waals surface area contributed by atoms with Crippen LogP contribution >= 0.6 is 11.3 Å². The highest BCUT2D eigenvalue weighted by molar-refractivity contribution is 7.89. The molecule has 0 N–H and O–H groups in total. The Hall–Kier alpha value is -1.97. The average Bonchev–Trinajstić information content (AvgIpc) is 3.04. The lowest BCUT2D eigenvalue weighted by atomic mass is 10.3. The summed E-state index contributed by atoms with van der Waals surface area (Å²) in [6.07, 6.45) is 0. The molecule has 0 saturated heterocycles. The molecule has 1 aromatic heterocycles. The van der Waals surface area contributed by atoms with Crippen LogP contribution < -0.4 is 4.74 Å². The van der Waals surface area contributed by atoms with E-state index >= 15 is 0 Å². The van der Waals surface area contributed by atoms with Gasteiger partial charge in [-0.2, -0.15) is 4.31 Å². The molecule has 0 radical (unpaired) electrons. The summed E-state index contributed by atoms with van der Waals surface area (Å²) < 4.78 is 32.1. The van der Waals surface area contributed by atoms with Gasteiger partial charge in [0.1, 0.15) is 10.6 Å². The first-order valence-electron chi connectivity index (χ1n) is 6.75. The smallest absolute Gasteiger partial charge is 0.271 e. The predicted octanol–water partition coefficient (Wildman–Crippen LogP) is 2.88. The number of hydrogen-bond acceptors (Lipinski definition) is 6. The van der Waals surface area contributed by atoms with Crippen LogP contribution in [0.3, 0.4) is 0 Å². The number of benzene rings is 1. The monoisotopic (exact) mass is 356 g/mol. The van der Waals surface area contributed by atoms with Gasteiger partial charge < -0.3 is 4.74 Å². The van der Waals surface area contributed by atoms with E-state index in [1.54, 1.807) is 6.92 Å². The maximum atomic E-state index is 12.9. The molecular weight excluding hydrogens is 340 g/mol. The van der Waals surface area contributed by atoms with Gasteiger partial charge in [-0.1, -0.05) is 13.0 Å². The lowest BCUT2D eigenvalue weighted by Crippen LogP contribution is -2.30. The van der Waals surface area contributed by atoms with Gasteiger partial charge in [-0.25, -0.2) is 8.42 Å². The third kappa shape index (κ3) is 3.69. The van der Waals surface area contributed by atoms with Crippen LogP contribution in [0, 0.1) is 10.1 Å². The Kier molecular flexibility index (Phi) is 5.34. The van der Waals surface area contributed by atoms with E-state index in [9.17, 15) is 18.5 Å². The van der Waals surface area contributed by atoms with Crippen LogP contribution in [0.4, 0.5) is 5.69 Å². The van der Waals surface area contributed by atoms with Gasteiger partial charge >= 0.3 is 0 Å². The van der Waals surface area contributed by atoms with Gasteiger partial charge in [0.2, 0.25) is 10.0 Å². The van der Waals surface area contributed by atoms with Gasteiger partial charge in [0, 0.05) is 30.1 Å². The highest BCUT2D eigenvalue weighted by atomic mass is 32.2. The SMILES string of the molecule is CCN(Cc1cccs1)S(=O)(=O)c1cc([N+](=O)[O-])ccc1OC. The maximum Gasteiger partial charge on any atom is 0.271 e. The zero-order valence-corrected chi connectivity index (χ0v) is 14.3. The van der Waals surface area contributed by atoms with E-state index in [4.69, 9.17) is 4.74 Å². The van der Waals surface area contributed by atoms with Crippen LogP contribution in [0.5, 0.6) is 5.75 Å². The second-order valence-corrected chi connectivity index (χ2v) is 7.54. The van der Waals surface area contributed by atoms with Crippen LogP contribution in [0.15, 0.2) is 40.6 Å². The normalized spacial score (nSPS) is 11.6. The summed E-state index contributed by atoms with van der Waals surface area (Å²) in [5.74, 6) is 0.0835. The van der Waals surface area contributed by atoms with Crippen molar-refractivity contribution in [1.82, 2.24) is 4.31 Å². The number of non-ortho nitro benzene ring substituents is 1. The van der Waals surface area contributed by atoms with Gasteiger partial charge in [-0.3, -0.25) is 10.1 Å². The third-order valence-corrected chi connectivity index (χ3v) is 6.04. The average molecular weight is 356 g/mol. The largest absolute Gasteiger partial charge is 0.495 e. The first-order chi connectivity index (χ1) is 10.9. The standard InChI is InChI=1S/C14H16N2O5S2/c1-3-15(10-12-5-4-8-22-12)23(19,20)14-9-11(16(17)18)6-7-13(14)21-2/h4-9H,3,10H2,1-2H3. The molecule has 2 aromatic rings. The topological polar surface area (TPSA) is 89.8 Å². The minimum atomic E-state index is -3.92. The number of nitro benzene ring substituents is 1. The van der Waals surface area contributed by atoms with Crippen LogP contribution in [0.1, 0.15) is 11.8 Å². The van der Waals surface area contributed by atoms with E-state index in [2.05, 4.69) is 0 Å². The number of ether oxygens (including phenoxy) is 1. The molecule has 0 aliphatic heterocycles. The molecule has 1 aromatic carbocycles. The molecule has 0 aliphatic carbocycles. The van der Waals surface area contributed by atoms with Crippen molar-refractivity contribution in [2.24, 2.45) is 0 Å². The van der Waals surface area contributed by atoms with Crippen molar-refractivity contribution in [2.45, 2.75) is 18.4 Å². The molecule has 0 unspecified atom stereocenters. The second kappa shape index (κ2) is 7.07. The molecule has 0 amide bonds. The van der Waals surface area contributed by atoms with Gasteiger partial charge in [0.25, 0.3) is 5.69 Å². The number of nitro groups is 1. The van der Waals surface area contributed by atoms with Gasteiger partial charge in [0.15, 0.2) is 0 Å². The third-order valence-electron chi connectivity index (χ3n) is 3.24. The Morgan fingerprint density at radius 1 is 1.35 bits per heavy atom. The molecule has 0 atom stereocenters. The summed E-state index contributed by atoms with van der Waals surface area (Å²) in [6.45, 7) is 2.17. The fourth-order valence-corrected chi connectivity index (χ4v) is 4.47. The van der Waals surface area contributed by atoms with Crippen LogP contribution in [-0.4, -0.2) is 31.3 Å². The van der Waals surface area contributed by atoms with E-state index in [0.717, 1.165) is 10.9 Å². The molecule has 9 heteroatoms. The second-order valence-electron chi connectivity index (χ2n) is 4.60. The molecule has 23 heavy (non-hydrogen) atoms. The van der Waals surface area contributed by atoms with E-state index in [0.29, 0.717) is 0 Å². The maximum absolute atomic E-state index is 12.9.